The maximum atomic E-state index is 10.9. The molecule has 5 rings (SSSR count). The fourth-order valence-electron chi connectivity index (χ4n) is 4.41. The summed E-state index contributed by atoms with van der Waals surface area (Å²) in [7, 11) is 0. The predicted octanol–water partition coefficient (Wildman–Crippen LogP) is 3.72. The van der Waals surface area contributed by atoms with E-state index in [0.717, 1.165) is 48.5 Å². The summed E-state index contributed by atoms with van der Waals surface area (Å²) in [5.41, 5.74) is 3.26. The van der Waals surface area contributed by atoms with Gasteiger partial charge in [0.1, 0.15) is 6.10 Å². The molecule has 5 heteroatoms. The summed E-state index contributed by atoms with van der Waals surface area (Å²) < 4.78 is 8.07. The van der Waals surface area contributed by atoms with Crippen LogP contribution in [0.25, 0.3) is 11.3 Å². The molecule has 2 aliphatic carbocycles. The Hall–Kier alpha value is -1.88. The maximum Gasteiger partial charge on any atom is 0.213 e. The molecule has 3 heterocycles. The number of hydrogen-bond donors (Lipinski definition) is 1. The summed E-state index contributed by atoms with van der Waals surface area (Å²) in [6, 6.07) is 4.13. The van der Waals surface area contributed by atoms with Gasteiger partial charge in [0.15, 0.2) is 0 Å². The molecule has 3 aliphatic rings. The molecule has 1 N–H and O–H groups in total. The second-order valence-electron chi connectivity index (χ2n) is 7.80. The molecular formula is C20H25N3O2. The average molecular weight is 339 g/mol. The van der Waals surface area contributed by atoms with Crippen LogP contribution >= 0.6 is 0 Å². The minimum absolute atomic E-state index is 0.0622. The van der Waals surface area contributed by atoms with Crippen LogP contribution in [0.4, 0.5) is 0 Å². The smallest absolute Gasteiger partial charge is 0.213 e. The largest absolute Gasteiger partial charge is 0.474 e. The number of aliphatic hydroxyl groups is 1. The van der Waals surface area contributed by atoms with Crippen LogP contribution in [0.2, 0.25) is 0 Å². The topological polar surface area (TPSA) is 60.2 Å². The average Bonchev–Trinajstić information content (AvgIpc) is 3.24. The van der Waals surface area contributed by atoms with Crippen LogP contribution in [-0.2, 0) is 0 Å². The standard InChI is InChI=1S/C20H25N3O2/c24-18(13-4-2-1-3-5-13)10-16-20-15(17-11-21-12-23(16)17)8-9-19(22-20)25-14-6-7-14/h8-9,11-14,16,18,24H,1-7,10H2. The number of rotatable bonds is 5. The molecule has 0 radical (unpaired) electrons. The Morgan fingerprint density at radius 2 is 2.00 bits per heavy atom. The highest BCUT2D eigenvalue weighted by Crippen LogP contribution is 2.43. The fourth-order valence-corrected chi connectivity index (χ4v) is 4.41. The first-order valence-electron chi connectivity index (χ1n) is 9.67. The van der Waals surface area contributed by atoms with Crippen molar-refractivity contribution >= 4 is 0 Å². The molecule has 2 atom stereocenters. The van der Waals surface area contributed by atoms with Gasteiger partial charge in [-0.3, -0.25) is 0 Å². The van der Waals surface area contributed by atoms with Crippen molar-refractivity contribution in [3.8, 4) is 17.1 Å². The van der Waals surface area contributed by atoms with Crippen molar-refractivity contribution in [3.63, 3.8) is 0 Å². The Morgan fingerprint density at radius 1 is 1.16 bits per heavy atom. The van der Waals surface area contributed by atoms with Crippen LogP contribution in [0.1, 0.15) is 63.1 Å². The van der Waals surface area contributed by atoms with E-state index in [2.05, 4.69) is 15.6 Å². The van der Waals surface area contributed by atoms with E-state index in [9.17, 15) is 5.11 Å². The minimum atomic E-state index is -0.277. The SMILES string of the molecule is OC(CC1c2nc(OC3CC3)ccc2-c2cncn21)C1CCCCC1. The normalized spacial score (nSPS) is 24.0. The first-order valence-corrected chi connectivity index (χ1v) is 9.67. The van der Waals surface area contributed by atoms with Crippen molar-refractivity contribution in [2.75, 3.05) is 0 Å². The molecule has 2 aromatic heterocycles. The van der Waals surface area contributed by atoms with Crippen molar-refractivity contribution in [2.24, 2.45) is 5.92 Å². The second-order valence-corrected chi connectivity index (χ2v) is 7.80. The van der Waals surface area contributed by atoms with E-state index >= 15 is 0 Å². The zero-order valence-corrected chi connectivity index (χ0v) is 14.5. The van der Waals surface area contributed by atoms with Gasteiger partial charge in [-0.05, 0) is 37.7 Å². The number of ether oxygens (including phenoxy) is 1. The molecule has 2 fully saturated rings. The zero-order chi connectivity index (χ0) is 16.8. The van der Waals surface area contributed by atoms with Crippen LogP contribution in [0, 0.1) is 5.92 Å². The van der Waals surface area contributed by atoms with Gasteiger partial charge in [-0.1, -0.05) is 19.3 Å². The number of hydrogen-bond acceptors (Lipinski definition) is 4. The van der Waals surface area contributed by atoms with Gasteiger partial charge in [-0.2, -0.15) is 0 Å². The Morgan fingerprint density at radius 3 is 2.80 bits per heavy atom. The molecule has 0 saturated heterocycles. The van der Waals surface area contributed by atoms with E-state index in [-0.39, 0.29) is 12.1 Å². The molecular weight excluding hydrogens is 314 g/mol. The first kappa shape index (κ1) is 15.4. The Kier molecular flexibility index (Phi) is 3.77. The third-order valence-corrected chi connectivity index (χ3v) is 5.96. The number of pyridine rings is 1. The summed E-state index contributed by atoms with van der Waals surface area (Å²) >= 11 is 0. The number of fused-ring (bicyclic) bond motifs is 3. The Labute approximate surface area is 148 Å². The lowest BCUT2D eigenvalue weighted by Crippen LogP contribution is -2.26. The second kappa shape index (κ2) is 6.13. The summed E-state index contributed by atoms with van der Waals surface area (Å²) in [4.78, 5) is 9.13. The van der Waals surface area contributed by atoms with E-state index < -0.39 is 0 Å². The lowest BCUT2D eigenvalue weighted by Gasteiger charge is -2.28. The van der Waals surface area contributed by atoms with E-state index in [1.54, 1.807) is 0 Å². The minimum Gasteiger partial charge on any atom is -0.474 e. The van der Waals surface area contributed by atoms with Crippen LogP contribution in [0.15, 0.2) is 24.7 Å². The van der Waals surface area contributed by atoms with E-state index in [0.29, 0.717) is 18.4 Å². The number of nitrogens with zero attached hydrogens (tertiary/aromatic N) is 3. The molecule has 132 valence electrons. The maximum absolute atomic E-state index is 10.9. The fraction of sp³-hybridized carbons (Fsp3) is 0.600. The zero-order valence-electron chi connectivity index (χ0n) is 14.5. The van der Waals surface area contributed by atoms with Crippen LogP contribution < -0.4 is 4.74 Å². The third kappa shape index (κ3) is 2.84. The van der Waals surface area contributed by atoms with Crippen molar-refractivity contribution < 1.29 is 9.84 Å². The summed E-state index contributed by atoms with van der Waals surface area (Å²) in [6.07, 6.45) is 12.9. The van der Waals surface area contributed by atoms with Crippen molar-refractivity contribution in [1.29, 1.82) is 0 Å². The van der Waals surface area contributed by atoms with Crippen LogP contribution in [0.5, 0.6) is 5.88 Å². The van der Waals surface area contributed by atoms with Crippen molar-refractivity contribution in [2.45, 2.75) is 69.6 Å². The third-order valence-electron chi connectivity index (χ3n) is 5.96. The van der Waals surface area contributed by atoms with Gasteiger partial charge in [-0.15, -0.1) is 0 Å². The first-order chi connectivity index (χ1) is 12.3. The molecule has 2 aromatic rings. The molecule has 0 bridgehead atoms. The summed E-state index contributed by atoms with van der Waals surface area (Å²) in [5.74, 6) is 1.15. The number of aliphatic hydroxyl groups excluding tert-OH is 1. The van der Waals surface area contributed by atoms with Gasteiger partial charge in [0, 0.05) is 18.1 Å². The van der Waals surface area contributed by atoms with Gasteiger partial charge < -0.3 is 14.4 Å². The number of aromatic nitrogens is 3. The van der Waals surface area contributed by atoms with Crippen LogP contribution in [-0.4, -0.2) is 31.8 Å². The highest BCUT2D eigenvalue weighted by Gasteiger charge is 2.34. The predicted molar refractivity (Wildman–Crippen MR) is 94.4 cm³/mol. The van der Waals surface area contributed by atoms with Gasteiger partial charge in [-0.25, -0.2) is 9.97 Å². The van der Waals surface area contributed by atoms with E-state index in [4.69, 9.17) is 9.72 Å². The Balaban J connectivity index is 1.42. The molecule has 5 nitrogen and oxygen atoms in total. The highest BCUT2D eigenvalue weighted by atomic mass is 16.5. The molecule has 2 unspecified atom stereocenters. The van der Waals surface area contributed by atoms with Gasteiger partial charge >= 0.3 is 0 Å². The molecule has 0 amide bonds. The number of imidazole rings is 1. The quantitative estimate of drug-likeness (QED) is 0.902. The van der Waals surface area contributed by atoms with E-state index in [1.807, 2.05) is 18.6 Å². The molecule has 25 heavy (non-hydrogen) atoms. The molecule has 0 aromatic carbocycles. The van der Waals surface area contributed by atoms with Crippen molar-refractivity contribution in [1.82, 2.24) is 14.5 Å². The van der Waals surface area contributed by atoms with Gasteiger partial charge in [0.2, 0.25) is 5.88 Å². The monoisotopic (exact) mass is 339 g/mol. The van der Waals surface area contributed by atoms with Crippen LogP contribution in [0.3, 0.4) is 0 Å². The van der Waals surface area contributed by atoms with Gasteiger partial charge in [0.25, 0.3) is 0 Å². The lowest BCUT2D eigenvalue weighted by molar-refractivity contribution is 0.0682. The Bertz CT molecular complexity index is 762. The summed E-state index contributed by atoms with van der Waals surface area (Å²) in [5, 5.41) is 10.9. The summed E-state index contributed by atoms with van der Waals surface area (Å²) in [6.45, 7) is 0. The van der Waals surface area contributed by atoms with Gasteiger partial charge in [0.05, 0.1) is 36.1 Å². The molecule has 2 saturated carbocycles. The van der Waals surface area contributed by atoms with E-state index in [1.165, 1.54) is 19.3 Å². The lowest BCUT2D eigenvalue weighted by atomic mass is 9.83. The molecule has 0 spiro atoms. The highest BCUT2D eigenvalue weighted by molar-refractivity contribution is 5.67. The van der Waals surface area contributed by atoms with Crippen molar-refractivity contribution in [3.05, 3.63) is 30.4 Å². The molecule has 1 aliphatic heterocycles.